The Bertz CT molecular complexity index is 799. The molecule has 20 heavy (non-hydrogen) atoms. The fourth-order valence-corrected chi connectivity index (χ4v) is 4.94. The lowest BCUT2D eigenvalue weighted by Gasteiger charge is -2.12. The number of hydrogen-bond donors (Lipinski definition) is 1. The first-order valence-electron chi connectivity index (χ1n) is 6.59. The third-order valence-electron chi connectivity index (χ3n) is 3.75. The summed E-state index contributed by atoms with van der Waals surface area (Å²) in [5, 5.41) is 0. The van der Waals surface area contributed by atoms with Gasteiger partial charge in [0.15, 0.2) is 0 Å². The van der Waals surface area contributed by atoms with Crippen LogP contribution in [0.25, 0.3) is 10.2 Å². The molecule has 0 unspecified atom stereocenters. The minimum atomic E-state index is -3.49. The lowest BCUT2D eigenvalue weighted by Crippen LogP contribution is -2.32. The van der Waals surface area contributed by atoms with E-state index in [4.69, 9.17) is 0 Å². The third kappa shape index (κ3) is 2.41. The van der Waals surface area contributed by atoms with Gasteiger partial charge in [0.05, 0.1) is 15.1 Å². The van der Waals surface area contributed by atoms with Crippen LogP contribution in [0.5, 0.6) is 0 Å². The second-order valence-corrected chi connectivity index (χ2v) is 7.87. The van der Waals surface area contributed by atoms with Crippen molar-refractivity contribution in [3.05, 3.63) is 27.9 Å². The van der Waals surface area contributed by atoms with E-state index in [0.29, 0.717) is 4.70 Å². The molecule has 2 aromatic rings. The Morgan fingerprint density at radius 1 is 1.30 bits per heavy atom. The van der Waals surface area contributed by atoms with Crippen molar-refractivity contribution in [1.29, 1.82) is 0 Å². The van der Waals surface area contributed by atoms with Gasteiger partial charge in [-0.05, 0) is 31.0 Å². The van der Waals surface area contributed by atoms with Crippen molar-refractivity contribution in [2.24, 2.45) is 7.05 Å². The number of aromatic nitrogens is 1. The van der Waals surface area contributed by atoms with E-state index in [0.717, 1.165) is 42.5 Å². The van der Waals surface area contributed by atoms with Gasteiger partial charge in [0.2, 0.25) is 10.0 Å². The topological polar surface area (TPSA) is 68.2 Å². The van der Waals surface area contributed by atoms with Gasteiger partial charge in [-0.3, -0.25) is 4.79 Å². The summed E-state index contributed by atoms with van der Waals surface area (Å²) in [6.07, 6.45) is 3.96. The maximum absolute atomic E-state index is 12.3. The van der Waals surface area contributed by atoms with Crippen molar-refractivity contribution >= 4 is 31.6 Å². The van der Waals surface area contributed by atoms with Crippen LogP contribution in [0.3, 0.4) is 0 Å². The molecule has 1 aliphatic rings. The monoisotopic (exact) mass is 312 g/mol. The summed E-state index contributed by atoms with van der Waals surface area (Å²) in [5.41, 5.74) is 0.764. The molecular weight excluding hydrogens is 296 g/mol. The molecule has 108 valence electrons. The molecule has 1 aromatic carbocycles. The van der Waals surface area contributed by atoms with Crippen LogP contribution in [0.2, 0.25) is 0 Å². The lowest BCUT2D eigenvalue weighted by atomic mass is 10.3. The minimum Gasteiger partial charge on any atom is -0.302 e. The molecule has 3 rings (SSSR count). The number of sulfonamides is 1. The van der Waals surface area contributed by atoms with E-state index < -0.39 is 10.0 Å². The van der Waals surface area contributed by atoms with Crippen LogP contribution in [0, 0.1) is 0 Å². The van der Waals surface area contributed by atoms with Crippen molar-refractivity contribution < 1.29 is 8.42 Å². The molecule has 0 bridgehead atoms. The molecule has 7 heteroatoms. The molecule has 0 spiro atoms. The molecule has 0 saturated heterocycles. The molecule has 0 amide bonds. The molecule has 1 heterocycles. The molecule has 1 fully saturated rings. The number of aryl methyl sites for hydroxylation is 1. The van der Waals surface area contributed by atoms with Crippen molar-refractivity contribution in [3.63, 3.8) is 0 Å². The Balaban J connectivity index is 1.98. The van der Waals surface area contributed by atoms with Crippen LogP contribution in [0.4, 0.5) is 0 Å². The second kappa shape index (κ2) is 4.98. The van der Waals surface area contributed by atoms with Crippen LogP contribution in [0.15, 0.2) is 27.9 Å². The number of nitrogens with zero attached hydrogens (tertiary/aromatic N) is 1. The van der Waals surface area contributed by atoms with Crippen LogP contribution >= 0.6 is 11.3 Å². The first-order valence-corrected chi connectivity index (χ1v) is 8.89. The number of fused-ring (bicyclic) bond motifs is 1. The highest BCUT2D eigenvalue weighted by molar-refractivity contribution is 7.89. The molecule has 0 radical (unpaired) electrons. The van der Waals surface area contributed by atoms with Gasteiger partial charge in [0.1, 0.15) is 0 Å². The lowest BCUT2D eigenvalue weighted by molar-refractivity contribution is 0.552. The number of benzene rings is 1. The number of nitrogens with one attached hydrogen (secondary N) is 1. The zero-order valence-corrected chi connectivity index (χ0v) is 12.8. The molecule has 0 aliphatic heterocycles. The van der Waals surface area contributed by atoms with E-state index in [1.54, 1.807) is 25.2 Å². The highest BCUT2D eigenvalue weighted by atomic mass is 32.2. The average molecular weight is 312 g/mol. The van der Waals surface area contributed by atoms with E-state index in [9.17, 15) is 13.2 Å². The summed E-state index contributed by atoms with van der Waals surface area (Å²) in [6.45, 7) is 0. The van der Waals surface area contributed by atoms with Gasteiger partial charge in [0.25, 0.3) is 0 Å². The number of hydrogen-bond acceptors (Lipinski definition) is 4. The van der Waals surface area contributed by atoms with E-state index in [1.165, 1.54) is 4.57 Å². The standard InChI is InChI=1S/C13H16N2O3S2/c1-15-11-7-6-10(8-12(11)19-13(15)16)20(17,18)14-9-4-2-3-5-9/h6-9,14H,2-5H2,1H3. The van der Waals surface area contributed by atoms with Gasteiger partial charge in [-0.2, -0.15) is 0 Å². The number of rotatable bonds is 3. The van der Waals surface area contributed by atoms with Gasteiger partial charge in [-0.1, -0.05) is 24.2 Å². The maximum atomic E-state index is 12.3. The van der Waals surface area contributed by atoms with Gasteiger partial charge < -0.3 is 4.57 Å². The maximum Gasteiger partial charge on any atom is 0.307 e. The van der Waals surface area contributed by atoms with E-state index in [2.05, 4.69) is 4.72 Å². The summed E-state index contributed by atoms with van der Waals surface area (Å²) in [4.78, 5) is 11.7. The first kappa shape index (κ1) is 13.8. The van der Waals surface area contributed by atoms with Crippen molar-refractivity contribution in [1.82, 2.24) is 9.29 Å². The van der Waals surface area contributed by atoms with Crippen LogP contribution in [0.1, 0.15) is 25.7 Å². The van der Waals surface area contributed by atoms with Gasteiger partial charge in [-0.15, -0.1) is 0 Å². The Morgan fingerprint density at radius 2 is 2.00 bits per heavy atom. The summed E-state index contributed by atoms with van der Waals surface area (Å²) in [6, 6.07) is 4.88. The summed E-state index contributed by atoms with van der Waals surface area (Å²) < 4.78 is 29.6. The van der Waals surface area contributed by atoms with E-state index in [-0.39, 0.29) is 15.8 Å². The second-order valence-electron chi connectivity index (χ2n) is 5.16. The summed E-state index contributed by atoms with van der Waals surface area (Å²) in [5.74, 6) is 0. The van der Waals surface area contributed by atoms with Gasteiger partial charge in [-0.25, -0.2) is 13.1 Å². The fourth-order valence-electron chi connectivity index (χ4n) is 2.61. The third-order valence-corrected chi connectivity index (χ3v) is 6.26. The Labute approximate surface area is 121 Å². The SMILES string of the molecule is Cn1c(=O)sc2cc(S(=O)(=O)NC3CCCC3)ccc21. The van der Waals surface area contributed by atoms with Crippen LogP contribution in [-0.4, -0.2) is 19.0 Å². The molecular formula is C13H16N2O3S2. The van der Waals surface area contributed by atoms with Crippen molar-refractivity contribution in [2.45, 2.75) is 36.6 Å². The largest absolute Gasteiger partial charge is 0.307 e. The normalized spacial score (nSPS) is 17.1. The smallest absolute Gasteiger partial charge is 0.302 e. The summed E-state index contributed by atoms with van der Waals surface area (Å²) in [7, 11) is -1.81. The molecule has 1 aliphatic carbocycles. The predicted octanol–water partition coefficient (Wildman–Crippen LogP) is 1.82. The van der Waals surface area contributed by atoms with E-state index >= 15 is 0 Å². The highest BCUT2D eigenvalue weighted by Gasteiger charge is 2.23. The first-order chi connectivity index (χ1) is 9.47. The summed E-state index contributed by atoms with van der Waals surface area (Å²) >= 11 is 1.07. The van der Waals surface area contributed by atoms with Crippen LogP contribution in [-0.2, 0) is 17.1 Å². The molecule has 1 saturated carbocycles. The quantitative estimate of drug-likeness (QED) is 0.940. The Kier molecular flexibility index (Phi) is 3.43. The van der Waals surface area contributed by atoms with E-state index in [1.807, 2.05) is 0 Å². The molecule has 5 nitrogen and oxygen atoms in total. The van der Waals surface area contributed by atoms with Gasteiger partial charge >= 0.3 is 4.87 Å². The Morgan fingerprint density at radius 3 is 2.70 bits per heavy atom. The molecule has 1 aromatic heterocycles. The van der Waals surface area contributed by atoms with Gasteiger partial charge in [0, 0.05) is 13.1 Å². The number of thiazole rings is 1. The van der Waals surface area contributed by atoms with Crippen LogP contribution < -0.4 is 9.60 Å². The van der Waals surface area contributed by atoms with Crippen molar-refractivity contribution in [3.8, 4) is 0 Å². The minimum absolute atomic E-state index is 0.0465. The Hall–Kier alpha value is -1.18. The highest BCUT2D eigenvalue weighted by Crippen LogP contribution is 2.23. The van der Waals surface area contributed by atoms with Crippen molar-refractivity contribution in [2.75, 3.05) is 0 Å². The molecule has 0 atom stereocenters. The molecule has 1 N–H and O–H groups in total. The predicted molar refractivity (Wildman–Crippen MR) is 79.6 cm³/mol. The average Bonchev–Trinajstić information content (AvgIpc) is 2.98. The zero-order valence-electron chi connectivity index (χ0n) is 11.1. The fraction of sp³-hybridized carbons (Fsp3) is 0.462. The zero-order chi connectivity index (χ0) is 14.3.